The van der Waals surface area contributed by atoms with Crippen molar-refractivity contribution in [1.29, 1.82) is 0 Å². The van der Waals surface area contributed by atoms with Crippen molar-refractivity contribution in [2.45, 2.75) is 39.4 Å². The molecule has 174 valence electrons. The van der Waals surface area contributed by atoms with Crippen LogP contribution in [-0.4, -0.2) is 67.4 Å². The number of aliphatic carboxylic acids is 1. The molecule has 0 aromatic carbocycles. The lowest BCUT2D eigenvalue weighted by molar-refractivity contribution is -0.137. The van der Waals surface area contributed by atoms with Crippen molar-refractivity contribution in [3.63, 3.8) is 0 Å². The Balaban J connectivity index is 1.83. The maximum absolute atomic E-state index is 13.6. The highest BCUT2D eigenvalue weighted by Gasteiger charge is 2.34. The van der Waals surface area contributed by atoms with Gasteiger partial charge in [-0.2, -0.15) is 0 Å². The number of aromatic nitrogens is 2. The Bertz CT molecular complexity index is 1230. The normalized spacial score (nSPS) is 22.6. The van der Waals surface area contributed by atoms with Crippen LogP contribution in [0.5, 0.6) is 0 Å². The molecular weight excluding hydrogens is 464 g/mol. The third-order valence-electron chi connectivity index (χ3n) is 5.48. The molecule has 0 aliphatic carbocycles. The number of ether oxygens (including phenoxy) is 1. The van der Waals surface area contributed by atoms with Crippen LogP contribution in [0, 0.1) is 6.92 Å². The van der Waals surface area contributed by atoms with Crippen LogP contribution in [-0.2, 0) is 14.3 Å². The van der Waals surface area contributed by atoms with Gasteiger partial charge in [-0.05, 0) is 38.5 Å². The van der Waals surface area contributed by atoms with Gasteiger partial charge in [0.2, 0.25) is 0 Å². The van der Waals surface area contributed by atoms with Crippen LogP contribution in [0.25, 0.3) is 11.7 Å². The van der Waals surface area contributed by atoms with Crippen LogP contribution >= 0.6 is 24.0 Å². The van der Waals surface area contributed by atoms with Crippen LogP contribution in [0.2, 0.25) is 0 Å². The SMILES string of the molecule is Cc1cccn2c(=O)c(/C=C3\SC(=S)N(CCC(=O)O)C3=O)c(N3CC(C)OC(C)C3)nc12. The van der Waals surface area contributed by atoms with E-state index in [2.05, 4.69) is 0 Å². The van der Waals surface area contributed by atoms with Crippen molar-refractivity contribution in [2.24, 2.45) is 0 Å². The minimum atomic E-state index is -1.02. The quantitative estimate of drug-likeness (QED) is 0.501. The van der Waals surface area contributed by atoms with E-state index in [0.29, 0.717) is 24.6 Å². The second kappa shape index (κ2) is 9.24. The maximum Gasteiger partial charge on any atom is 0.305 e. The summed E-state index contributed by atoms with van der Waals surface area (Å²) >= 11 is 6.35. The van der Waals surface area contributed by atoms with Gasteiger partial charge in [-0.3, -0.25) is 23.7 Å². The number of thioether (sulfide) groups is 1. The maximum atomic E-state index is 13.6. The molecule has 2 atom stereocenters. The van der Waals surface area contributed by atoms with Crippen molar-refractivity contribution >= 4 is 57.7 Å². The van der Waals surface area contributed by atoms with E-state index in [9.17, 15) is 14.4 Å². The number of hydrogen-bond donors (Lipinski definition) is 1. The van der Waals surface area contributed by atoms with Crippen molar-refractivity contribution in [2.75, 3.05) is 24.5 Å². The van der Waals surface area contributed by atoms with E-state index in [1.54, 1.807) is 12.3 Å². The van der Waals surface area contributed by atoms with Gasteiger partial charge in [0.25, 0.3) is 11.5 Å². The van der Waals surface area contributed by atoms with E-state index in [0.717, 1.165) is 17.3 Å². The lowest BCUT2D eigenvalue weighted by Crippen LogP contribution is -2.46. The first kappa shape index (κ1) is 23.4. The van der Waals surface area contributed by atoms with E-state index in [4.69, 9.17) is 27.0 Å². The fourth-order valence-electron chi connectivity index (χ4n) is 4.05. The second-order valence-corrected chi connectivity index (χ2v) is 9.85. The van der Waals surface area contributed by atoms with Crippen LogP contribution in [0.15, 0.2) is 28.0 Å². The average Bonchev–Trinajstić information content (AvgIpc) is 3.00. The Morgan fingerprint density at radius 2 is 2.03 bits per heavy atom. The number of aryl methyl sites for hydroxylation is 1. The Morgan fingerprint density at radius 1 is 1.33 bits per heavy atom. The summed E-state index contributed by atoms with van der Waals surface area (Å²) in [6.45, 7) is 6.92. The number of pyridine rings is 1. The summed E-state index contributed by atoms with van der Waals surface area (Å²) in [6, 6.07) is 3.67. The van der Waals surface area contributed by atoms with Gasteiger partial charge in [0.05, 0.1) is 29.1 Å². The minimum absolute atomic E-state index is 0.0170. The third kappa shape index (κ3) is 4.66. The number of carboxylic acid groups (broad SMARTS) is 1. The molecule has 2 aromatic heterocycles. The van der Waals surface area contributed by atoms with Gasteiger partial charge < -0.3 is 14.7 Å². The van der Waals surface area contributed by atoms with Crippen LogP contribution in [0.1, 0.15) is 31.4 Å². The Morgan fingerprint density at radius 3 is 2.70 bits per heavy atom. The Kier molecular flexibility index (Phi) is 6.55. The molecule has 2 aliphatic heterocycles. The van der Waals surface area contributed by atoms with Crippen molar-refractivity contribution in [3.05, 3.63) is 44.7 Å². The number of anilines is 1. The highest BCUT2D eigenvalue weighted by molar-refractivity contribution is 8.26. The van der Waals surface area contributed by atoms with Gasteiger partial charge in [-0.1, -0.05) is 30.0 Å². The van der Waals surface area contributed by atoms with Crippen molar-refractivity contribution in [1.82, 2.24) is 14.3 Å². The summed E-state index contributed by atoms with van der Waals surface area (Å²) in [5.74, 6) is -0.931. The molecule has 4 rings (SSSR count). The first-order valence-corrected chi connectivity index (χ1v) is 11.8. The van der Waals surface area contributed by atoms with Crippen LogP contribution in [0.3, 0.4) is 0 Å². The predicted octanol–water partition coefficient (Wildman–Crippen LogP) is 2.29. The molecule has 2 aromatic rings. The fourth-order valence-corrected chi connectivity index (χ4v) is 5.34. The highest BCUT2D eigenvalue weighted by atomic mass is 32.2. The van der Waals surface area contributed by atoms with Gasteiger partial charge >= 0.3 is 5.97 Å². The third-order valence-corrected chi connectivity index (χ3v) is 6.86. The summed E-state index contributed by atoms with van der Waals surface area (Å²) in [7, 11) is 0. The Hall–Kier alpha value is -2.76. The fraction of sp³-hybridized carbons (Fsp3) is 0.409. The lowest BCUT2D eigenvalue weighted by Gasteiger charge is -2.36. The van der Waals surface area contributed by atoms with Crippen LogP contribution < -0.4 is 10.5 Å². The van der Waals surface area contributed by atoms with Gasteiger partial charge in [-0.15, -0.1) is 0 Å². The van der Waals surface area contributed by atoms with Crippen molar-refractivity contribution in [3.8, 4) is 0 Å². The highest BCUT2D eigenvalue weighted by Crippen LogP contribution is 2.34. The summed E-state index contributed by atoms with van der Waals surface area (Å²) in [4.78, 5) is 45.8. The molecule has 9 nitrogen and oxygen atoms in total. The van der Waals surface area contributed by atoms with E-state index >= 15 is 0 Å². The van der Waals surface area contributed by atoms with Crippen LogP contribution in [0.4, 0.5) is 5.82 Å². The number of hydrogen-bond acceptors (Lipinski definition) is 8. The minimum Gasteiger partial charge on any atom is -0.481 e. The second-order valence-electron chi connectivity index (χ2n) is 8.18. The zero-order valence-corrected chi connectivity index (χ0v) is 20.1. The molecule has 2 saturated heterocycles. The smallest absolute Gasteiger partial charge is 0.305 e. The molecule has 4 heterocycles. The molecule has 1 N–H and O–H groups in total. The molecule has 0 bridgehead atoms. The first-order valence-electron chi connectivity index (χ1n) is 10.5. The molecule has 2 unspecified atom stereocenters. The van der Waals surface area contributed by atoms with E-state index < -0.39 is 11.9 Å². The number of fused-ring (bicyclic) bond motifs is 1. The zero-order valence-electron chi connectivity index (χ0n) is 18.5. The zero-order chi connectivity index (χ0) is 23.9. The molecule has 2 aliphatic rings. The number of carboxylic acids is 1. The molecule has 33 heavy (non-hydrogen) atoms. The molecular formula is C22H24N4O5S2. The van der Waals surface area contributed by atoms with Gasteiger partial charge in [0, 0.05) is 25.8 Å². The summed E-state index contributed by atoms with van der Waals surface area (Å²) in [5.41, 5.74) is 1.41. The summed E-state index contributed by atoms with van der Waals surface area (Å²) in [5, 5.41) is 8.96. The predicted molar refractivity (Wildman–Crippen MR) is 131 cm³/mol. The molecule has 1 amide bonds. The number of thiocarbonyl (C=S) groups is 1. The van der Waals surface area contributed by atoms with E-state index in [1.807, 2.05) is 31.7 Å². The Labute approximate surface area is 200 Å². The largest absolute Gasteiger partial charge is 0.481 e. The molecule has 0 saturated carbocycles. The number of nitrogens with zero attached hydrogens (tertiary/aromatic N) is 4. The standard InChI is InChI=1S/C22H24N4O5S2/c1-12-5-4-7-25-18(12)23-19(24-10-13(2)31-14(3)11-24)15(20(25)29)9-16-21(30)26(22(32)33-16)8-6-17(27)28/h4-5,7,9,13-14H,6,8,10-11H2,1-3H3,(H,27,28)/b16-9-. The van der Waals surface area contributed by atoms with E-state index in [-0.39, 0.29) is 45.5 Å². The number of carbonyl (C=O) groups excluding carboxylic acids is 1. The topological polar surface area (TPSA) is 104 Å². The van der Waals surface area contributed by atoms with Gasteiger partial charge in [-0.25, -0.2) is 4.98 Å². The number of rotatable bonds is 5. The number of amides is 1. The molecule has 0 radical (unpaired) electrons. The van der Waals surface area contributed by atoms with Crippen molar-refractivity contribution < 1.29 is 19.4 Å². The molecule has 2 fully saturated rings. The van der Waals surface area contributed by atoms with Gasteiger partial charge in [0.15, 0.2) is 0 Å². The van der Waals surface area contributed by atoms with Gasteiger partial charge in [0.1, 0.15) is 15.8 Å². The lowest BCUT2D eigenvalue weighted by atomic mass is 10.1. The average molecular weight is 489 g/mol. The molecule has 11 heteroatoms. The number of morpholine rings is 1. The summed E-state index contributed by atoms with van der Waals surface area (Å²) < 4.78 is 7.59. The number of carbonyl (C=O) groups is 2. The van der Waals surface area contributed by atoms with E-state index in [1.165, 1.54) is 15.4 Å². The molecule has 0 spiro atoms. The monoisotopic (exact) mass is 488 g/mol. The summed E-state index contributed by atoms with van der Waals surface area (Å²) in [6.07, 6.45) is 2.88. The first-order chi connectivity index (χ1) is 15.7.